The lowest BCUT2D eigenvalue weighted by Gasteiger charge is -2.17. The van der Waals surface area contributed by atoms with E-state index in [4.69, 9.17) is 5.73 Å². The molecule has 1 unspecified atom stereocenters. The molecule has 1 atom stereocenters. The van der Waals surface area contributed by atoms with Gasteiger partial charge in [-0.1, -0.05) is 6.07 Å². The lowest BCUT2D eigenvalue weighted by molar-refractivity contribution is -0.118. The molecule has 0 saturated heterocycles. The predicted octanol–water partition coefficient (Wildman–Crippen LogP) is 1.27. The molecule has 0 saturated carbocycles. The van der Waals surface area contributed by atoms with E-state index in [2.05, 4.69) is 5.32 Å². The minimum atomic E-state index is -0.377. The normalized spacial score (nSPS) is 12.5. The molecular formula is C11H15FN2O. The maximum atomic E-state index is 12.9. The van der Waals surface area contributed by atoms with Crippen LogP contribution >= 0.6 is 0 Å². The molecular weight excluding hydrogens is 195 g/mol. The van der Waals surface area contributed by atoms with Gasteiger partial charge >= 0.3 is 0 Å². The van der Waals surface area contributed by atoms with Crippen molar-refractivity contribution in [2.75, 3.05) is 7.05 Å². The molecule has 1 rings (SSSR count). The van der Waals surface area contributed by atoms with Crippen molar-refractivity contribution in [3.05, 3.63) is 35.1 Å². The third-order valence-electron chi connectivity index (χ3n) is 2.36. The van der Waals surface area contributed by atoms with Crippen LogP contribution in [0.1, 0.15) is 23.6 Å². The van der Waals surface area contributed by atoms with Crippen LogP contribution in [0.25, 0.3) is 0 Å². The highest BCUT2D eigenvalue weighted by atomic mass is 19.1. The molecule has 0 spiro atoms. The highest BCUT2D eigenvalue weighted by Gasteiger charge is 2.14. The first-order valence-electron chi connectivity index (χ1n) is 4.76. The van der Waals surface area contributed by atoms with Crippen molar-refractivity contribution in [2.24, 2.45) is 5.73 Å². The van der Waals surface area contributed by atoms with Gasteiger partial charge in [0.15, 0.2) is 0 Å². The summed E-state index contributed by atoms with van der Waals surface area (Å²) in [5.41, 5.74) is 6.85. The number of rotatable bonds is 4. The van der Waals surface area contributed by atoms with E-state index < -0.39 is 0 Å². The number of halogens is 1. The Morgan fingerprint density at radius 1 is 1.60 bits per heavy atom. The van der Waals surface area contributed by atoms with Crippen molar-refractivity contribution in [3.8, 4) is 0 Å². The average Bonchev–Trinajstić information content (AvgIpc) is 2.14. The van der Waals surface area contributed by atoms with Crippen molar-refractivity contribution in [1.82, 2.24) is 5.32 Å². The molecule has 0 aliphatic rings. The van der Waals surface area contributed by atoms with Crippen molar-refractivity contribution < 1.29 is 9.18 Å². The van der Waals surface area contributed by atoms with E-state index in [9.17, 15) is 9.18 Å². The molecule has 3 N–H and O–H groups in total. The number of nitrogens with two attached hydrogens (primary N) is 1. The Bertz CT molecular complexity index is 366. The fourth-order valence-electron chi connectivity index (χ4n) is 1.60. The first-order valence-corrected chi connectivity index (χ1v) is 4.76. The van der Waals surface area contributed by atoms with Crippen LogP contribution in [0.15, 0.2) is 18.2 Å². The number of nitrogens with one attached hydrogen (secondary N) is 1. The Kier molecular flexibility index (Phi) is 3.80. The van der Waals surface area contributed by atoms with Gasteiger partial charge in [0, 0.05) is 12.5 Å². The second kappa shape index (κ2) is 4.89. The molecule has 0 aliphatic heterocycles. The zero-order valence-corrected chi connectivity index (χ0v) is 8.88. The Labute approximate surface area is 88.5 Å². The first-order chi connectivity index (χ1) is 7.04. The summed E-state index contributed by atoms with van der Waals surface area (Å²) in [6.45, 7) is 1.81. The Morgan fingerprint density at radius 3 is 2.73 bits per heavy atom. The van der Waals surface area contributed by atoms with Crippen LogP contribution in [0.5, 0.6) is 0 Å². The number of carbonyl (C=O) groups excluding carboxylic acids is 1. The first kappa shape index (κ1) is 11.7. The fraction of sp³-hybridized carbons (Fsp3) is 0.364. The van der Waals surface area contributed by atoms with E-state index in [1.54, 1.807) is 13.1 Å². The average molecular weight is 210 g/mol. The van der Waals surface area contributed by atoms with Crippen LogP contribution in [0.3, 0.4) is 0 Å². The van der Waals surface area contributed by atoms with Gasteiger partial charge in [-0.15, -0.1) is 0 Å². The van der Waals surface area contributed by atoms with Gasteiger partial charge in [0.1, 0.15) is 5.82 Å². The van der Waals surface area contributed by atoms with E-state index in [1.165, 1.54) is 12.1 Å². The predicted molar refractivity (Wildman–Crippen MR) is 56.7 cm³/mol. The van der Waals surface area contributed by atoms with E-state index in [1.807, 2.05) is 6.92 Å². The Hall–Kier alpha value is -1.42. The van der Waals surface area contributed by atoms with Crippen LogP contribution in [0.2, 0.25) is 0 Å². The molecule has 1 amide bonds. The molecule has 15 heavy (non-hydrogen) atoms. The lowest BCUT2D eigenvalue weighted by atomic mass is 9.98. The highest BCUT2D eigenvalue weighted by Crippen LogP contribution is 2.20. The van der Waals surface area contributed by atoms with E-state index >= 15 is 0 Å². The molecule has 0 aromatic heterocycles. The summed E-state index contributed by atoms with van der Waals surface area (Å²) in [5, 5.41) is 2.99. The van der Waals surface area contributed by atoms with E-state index in [0.717, 1.165) is 11.1 Å². The van der Waals surface area contributed by atoms with Gasteiger partial charge in [0.25, 0.3) is 0 Å². The van der Waals surface area contributed by atoms with Crippen LogP contribution < -0.4 is 11.1 Å². The summed E-state index contributed by atoms with van der Waals surface area (Å²) in [6.07, 6.45) is 0.211. The van der Waals surface area contributed by atoms with Gasteiger partial charge in [-0.25, -0.2) is 4.39 Å². The molecule has 3 nitrogen and oxygen atoms in total. The molecule has 82 valence electrons. The molecule has 0 radical (unpaired) electrons. The molecule has 1 aromatic rings. The van der Waals surface area contributed by atoms with Crippen molar-refractivity contribution in [3.63, 3.8) is 0 Å². The van der Waals surface area contributed by atoms with Gasteiger partial charge in [0.2, 0.25) is 5.91 Å². The Morgan fingerprint density at radius 2 is 2.27 bits per heavy atom. The number of benzene rings is 1. The molecule has 0 heterocycles. The smallest absolute Gasteiger partial charge is 0.219 e. The van der Waals surface area contributed by atoms with Gasteiger partial charge < -0.3 is 11.1 Å². The summed E-state index contributed by atoms with van der Waals surface area (Å²) < 4.78 is 12.9. The van der Waals surface area contributed by atoms with Crippen molar-refractivity contribution in [1.29, 1.82) is 0 Å². The monoisotopic (exact) mass is 210 g/mol. The third kappa shape index (κ3) is 3.02. The number of amides is 1. The SMILES string of the molecule is CNC(CC(N)=O)c1ccc(F)cc1C. The molecule has 4 heteroatoms. The summed E-state index contributed by atoms with van der Waals surface area (Å²) >= 11 is 0. The van der Waals surface area contributed by atoms with Crippen LogP contribution in [0, 0.1) is 12.7 Å². The fourth-order valence-corrected chi connectivity index (χ4v) is 1.60. The van der Waals surface area contributed by atoms with Gasteiger partial charge in [0.05, 0.1) is 0 Å². The zero-order chi connectivity index (χ0) is 11.4. The van der Waals surface area contributed by atoms with E-state index in [0.29, 0.717) is 0 Å². The number of aryl methyl sites for hydroxylation is 1. The topological polar surface area (TPSA) is 55.1 Å². The van der Waals surface area contributed by atoms with Gasteiger partial charge in [-0.3, -0.25) is 4.79 Å². The van der Waals surface area contributed by atoms with Gasteiger partial charge in [-0.2, -0.15) is 0 Å². The molecule has 0 aliphatic carbocycles. The highest BCUT2D eigenvalue weighted by molar-refractivity contribution is 5.74. The molecule has 1 aromatic carbocycles. The quantitative estimate of drug-likeness (QED) is 0.786. The van der Waals surface area contributed by atoms with Gasteiger partial charge in [-0.05, 0) is 37.2 Å². The third-order valence-corrected chi connectivity index (χ3v) is 2.36. The second-order valence-electron chi connectivity index (χ2n) is 3.51. The van der Waals surface area contributed by atoms with Crippen LogP contribution in [-0.4, -0.2) is 13.0 Å². The second-order valence-corrected chi connectivity index (χ2v) is 3.51. The van der Waals surface area contributed by atoms with Crippen molar-refractivity contribution in [2.45, 2.75) is 19.4 Å². The summed E-state index contributed by atoms with van der Waals surface area (Å²) in [5.74, 6) is -0.650. The summed E-state index contributed by atoms with van der Waals surface area (Å²) in [4.78, 5) is 10.8. The minimum absolute atomic E-state index is 0.150. The molecule has 0 bridgehead atoms. The molecule has 0 fully saturated rings. The van der Waals surface area contributed by atoms with Crippen LogP contribution in [0.4, 0.5) is 4.39 Å². The number of hydrogen-bond donors (Lipinski definition) is 2. The maximum absolute atomic E-state index is 12.9. The van der Waals surface area contributed by atoms with E-state index in [-0.39, 0.29) is 24.2 Å². The number of hydrogen-bond acceptors (Lipinski definition) is 2. The zero-order valence-electron chi connectivity index (χ0n) is 8.88. The maximum Gasteiger partial charge on any atom is 0.219 e. The van der Waals surface area contributed by atoms with Crippen LogP contribution in [-0.2, 0) is 4.79 Å². The standard InChI is InChI=1S/C11H15FN2O/c1-7-5-8(12)3-4-9(7)10(14-2)6-11(13)15/h3-5,10,14H,6H2,1-2H3,(H2,13,15). The van der Waals surface area contributed by atoms with Crippen molar-refractivity contribution >= 4 is 5.91 Å². The Balaban J connectivity index is 2.96. The summed E-state index contributed by atoms with van der Waals surface area (Å²) in [7, 11) is 1.75. The summed E-state index contributed by atoms with van der Waals surface area (Å²) in [6, 6.07) is 4.35. The number of primary amides is 1. The number of carbonyl (C=O) groups is 1. The lowest BCUT2D eigenvalue weighted by Crippen LogP contribution is -2.24. The minimum Gasteiger partial charge on any atom is -0.370 e. The largest absolute Gasteiger partial charge is 0.370 e.